The van der Waals surface area contributed by atoms with Crippen LogP contribution in [0.1, 0.15) is 24.2 Å². The predicted molar refractivity (Wildman–Crippen MR) is 155 cm³/mol. The fourth-order valence-corrected chi connectivity index (χ4v) is 8.17. The number of carbonyl (C=O) groups excluding carboxylic acids is 2. The van der Waals surface area contributed by atoms with Gasteiger partial charge in [-0.1, -0.05) is 0 Å². The van der Waals surface area contributed by atoms with Crippen LogP contribution in [0.4, 0.5) is 5.69 Å². The van der Waals surface area contributed by atoms with Crippen molar-refractivity contribution in [1.29, 1.82) is 0 Å². The van der Waals surface area contributed by atoms with Gasteiger partial charge in [0.15, 0.2) is 0 Å². The molecule has 1 fully saturated rings. The van der Waals surface area contributed by atoms with E-state index in [4.69, 9.17) is 13.9 Å². The van der Waals surface area contributed by atoms with E-state index < -0.39 is 32.6 Å². The minimum absolute atomic E-state index is 0.00589. The molecule has 0 unspecified atom stereocenters. The van der Waals surface area contributed by atoms with Crippen LogP contribution in [0, 0.1) is 0 Å². The number of thioether (sulfide) groups is 1. The van der Waals surface area contributed by atoms with E-state index in [9.17, 15) is 23.2 Å². The summed E-state index contributed by atoms with van der Waals surface area (Å²) in [6.07, 6.45) is 0. The summed E-state index contributed by atoms with van der Waals surface area (Å²) >= 11 is 1.46. The van der Waals surface area contributed by atoms with Crippen LogP contribution in [0.3, 0.4) is 0 Å². The number of hydrogen-bond acceptors (Lipinski definition) is 9. The number of methoxy groups -OCH3 is 2. The lowest BCUT2D eigenvalue weighted by Crippen LogP contribution is -2.61. The summed E-state index contributed by atoms with van der Waals surface area (Å²) in [5, 5.41) is 13.4. The first-order valence-corrected chi connectivity index (χ1v) is 15.0. The molecule has 1 aromatic heterocycles. The van der Waals surface area contributed by atoms with Gasteiger partial charge in [0.1, 0.15) is 28.7 Å². The second-order valence-corrected chi connectivity index (χ2v) is 13.6. The molecule has 1 saturated heterocycles. The smallest absolute Gasteiger partial charge is 0.263 e. The molecule has 0 aliphatic carbocycles. The average molecular weight is 600 g/mol. The Labute approximate surface area is 240 Å². The van der Waals surface area contributed by atoms with Crippen LogP contribution in [0.25, 0.3) is 21.9 Å². The van der Waals surface area contributed by atoms with Gasteiger partial charge in [0, 0.05) is 39.6 Å². The summed E-state index contributed by atoms with van der Waals surface area (Å²) in [6.45, 7) is 3.65. The maximum Gasteiger partial charge on any atom is 0.263 e. The van der Waals surface area contributed by atoms with Gasteiger partial charge < -0.3 is 19.2 Å². The number of sulfonamides is 1. The Hall–Kier alpha value is -3.78. The quantitative estimate of drug-likeness (QED) is 0.210. The van der Waals surface area contributed by atoms with Crippen molar-refractivity contribution in [3.63, 3.8) is 0 Å². The number of furan rings is 1. The second-order valence-electron chi connectivity index (χ2n) is 9.94. The monoisotopic (exact) mass is 599 g/mol. The molecule has 1 aliphatic heterocycles. The van der Waals surface area contributed by atoms with Crippen molar-refractivity contribution in [1.82, 2.24) is 9.79 Å². The highest BCUT2D eigenvalue weighted by molar-refractivity contribution is 8.01. The van der Waals surface area contributed by atoms with Crippen molar-refractivity contribution in [2.24, 2.45) is 0 Å². The van der Waals surface area contributed by atoms with Crippen LogP contribution in [0.2, 0.25) is 0 Å². The van der Waals surface area contributed by atoms with E-state index in [0.717, 1.165) is 4.31 Å². The standard InChI is InChI=1S/C28H29N3O8S2/c1-28(2)25(27(33)30-34)31(11-12-40-28)41(35,36)18-7-10-23-20(15-18)19-8-5-16(13-24(19)39-23)29-26(32)21-14-17(37-3)6-9-22(21)38-4/h5-10,13-15,25,34H,11-12H2,1-4H3,(H,29,32)(H,30,33)/t25-/m0/s1. The number of hydroxylamine groups is 1. The van der Waals surface area contributed by atoms with Crippen molar-refractivity contribution >= 4 is 61.2 Å². The Morgan fingerprint density at radius 2 is 1.80 bits per heavy atom. The molecule has 11 nitrogen and oxygen atoms in total. The van der Waals surface area contributed by atoms with Gasteiger partial charge in [-0.25, -0.2) is 13.9 Å². The van der Waals surface area contributed by atoms with Gasteiger partial charge in [-0.05, 0) is 62.4 Å². The molecule has 2 heterocycles. The lowest BCUT2D eigenvalue weighted by molar-refractivity contribution is -0.134. The Kier molecular flexibility index (Phi) is 7.64. The van der Waals surface area contributed by atoms with Crippen molar-refractivity contribution in [2.75, 3.05) is 31.8 Å². The van der Waals surface area contributed by atoms with Crippen molar-refractivity contribution in [2.45, 2.75) is 29.5 Å². The zero-order valence-electron chi connectivity index (χ0n) is 22.8. The van der Waals surface area contributed by atoms with Crippen LogP contribution in [-0.4, -0.2) is 67.1 Å². The zero-order chi connectivity index (χ0) is 29.5. The number of carbonyl (C=O) groups is 2. The van der Waals surface area contributed by atoms with Gasteiger partial charge >= 0.3 is 0 Å². The predicted octanol–water partition coefficient (Wildman–Crippen LogP) is 4.25. The molecule has 216 valence electrons. The largest absolute Gasteiger partial charge is 0.497 e. The van der Waals surface area contributed by atoms with Gasteiger partial charge in [-0.3, -0.25) is 14.8 Å². The highest BCUT2D eigenvalue weighted by atomic mass is 32.2. The first kappa shape index (κ1) is 28.7. The molecule has 0 spiro atoms. The Balaban J connectivity index is 1.48. The normalized spacial score (nSPS) is 17.3. The van der Waals surface area contributed by atoms with Crippen LogP contribution in [0.5, 0.6) is 11.5 Å². The Morgan fingerprint density at radius 1 is 1.02 bits per heavy atom. The third-order valence-corrected chi connectivity index (χ3v) is 10.3. The van der Waals surface area contributed by atoms with E-state index in [1.165, 1.54) is 38.1 Å². The molecular weight excluding hydrogens is 570 g/mol. The topological polar surface area (TPSA) is 147 Å². The molecule has 3 N–H and O–H groups in total. The fraction of sp³-hybridized carbons (Fsp3) is 0.286. The molecule has 1 atom stereocenters. The van der Waals surface area contributed by atoms with Crippen LogP contribution in [0.15, 0.2) is 63.9 Å². The number of amides is 2. The molecule has 0 radical (unpaired) electrons. The van der Waals surface area contributed by atoms with Crippen molar-refractivity contribution in [3.8, 4) is 11.5 Å². The second kappa shape index (κ2) is 10.9. The summed E-state index contributed by atoms with van der Waals surface area (Å²) < 4.78 is 44.4. The minimum atomic E-state index is -4.12. The van der Waals surface area contributed by atoms with Gasteiger partial charge in [0.25, 0.3) is 11.8 Å². The summed E-state index contributed by atoms with van der Waals surface area (Å²) in [5.74, 6) is 0.186. The van der Waals surface area contributed by atoms with E-state index in [2.05, 4.69) is 5.32 Å². The SMILES string of the molecule is COc1ccc(OC)c(C(=O)Nc2ccc3c(c2)oc2ccc(S(=O)(=O)N4CCSC(C)(C)[C@@H]4C(=O)NO)cc23)c1. The zero-order valence-corrected chi connectivity index (χ0v) is 24.4. The molecule has 5 rings (SSSR count). The van der Waals surface area contributed by atoms with Crippen LogP contribution >= 0.6 is 11.8 Å². The summed E-state index contributed by atoms with van der Waals surface area (Å²) in [5.41, 5.74) is 3.27. The van der Waals surface area contributed by atoms with Gasteiger partial charge in [0.2, 0.25) is 10.0 Å². The number of hydrogen-bond donors (Lipinski definition) is 3. The molecule has 41 heavy (non-hydrogen) atoms. The van der Waals surface area contributed by atoms with Crippen molar-refractivity contribution < 1.29 is 37.1 Å². The number of anilines is 1. The molecule has 0 saturated carbocycles. The maximum atomic E-state index is 13.8. The van der Waals surface area contributed by atoms with Crippen LogP contribution < -0.4 is 20.3 Å². The molecule has 3 aromatic carbocycles. The Morgan fingerprint density at radius 3 is 2.51 bits per heavy atom. The summed E-state index contributed by atoms with van der Waals surface area (Å²) in [6, 6.07) is 13.4. The maximum absolute atomic E-state index is 13.8. The first-order valence-electron chi connectivity index (χ1n) is 12.6. The highest BCUT2D eigenvalue weighted by Crippen LogP contribution is 2.39. The van der Waals surface area contributed by atoms with Crippen molar-refractivity contribution in [3.05, 3.63) is 60.2 Å². The number of fused-ring (bicyclic) bond motifs is 3. The summed E-state index contributed by atoms with van der Waals surface area (Å²) in [4.78, 5) is 25.6. The van der Waals surface area contributed by atoms with Gasteiger partial charge in [-0.15, -0.1) is 0 Å². The first-order chi connectivity index (χ1) is 19.5. The third kappa shape index (κ3) is 5.21. The number of nitrogens with zero attached hydrogens (tertiary/aromatic N) is 1. The van der Waals surface area contributed by atoms with E-state index in [0.29, 0.717) is 50.4 Å². The van der Waals surface area contributed by atoms with E-state index in [1.807, 2.05) is 0 Å². The van der Waals surface area contributed by atoms with Gasteiger partial charge in [-0.2, -0.15) is 16.1 Å². The molecule has 1 aliphatic rings. The number of nitrogens with one attached hydrogen (secondary N) is 2. The lowest BCUT2D eigenvalue weighted by Gasteiger charge is -2.43. The number of ether oxygens (including phenoxy) is 2. The number of rotatable bonds is 7. The Bertz CT molecular complexity index is 1770. The third-order valence-electron chi connectivity index (χ3n) is 7.05. The highest BCUT2D eigenvalue weighted by Gasteiger charge is 2.48. The molecule has 0 bridgehead atoms. The van der Waals surface area contributed by atoms with Crippen LogP contribution in [-0.2, 0) is 14.8 Å². The average Bonchev–Trinajstić information content (AvgIpc) is 3.32. The fourth-order valence-electron chi connectivity index (χ4n) is 5.04. The lowest BCUT2D eigenvalue weighted by atomic mass is 10.0. The van der Waals surface area contributed by atoms with E-state index in [-0.39, 0.29) is 11.4 Å². The molecule has 13 heteroatoms. The molecular formula is C28H29N3O8S2. The van der Waals surface area contributed by atoms with Gasteiger partial charge in [0.05, 0.1) is 24.7 Å². The molecule has 2 amide bonds. The number of benzene rings is 3. The minimum Gasteiger partial charge on any atom is -0.497 e. The van der Waals surface area contributed by atoms with E-state index in [1.54, 1.807) is 61.8 Å². The van der Waals surface area contributed by atoms with E-state index >= 15 is 0 Å². The summed E-state index contributed by atoms with van der Waals surface area (Å²) in [7, 11) is -1.14. The molecule has 4 aromatic rings.